The lowest BCUT2D eigenvalue weighted by atomic mass is 9.91. The molecule has 39 heavy (non-hydrogen) atoms. The van der Waals surface area contributed by atoms with Crippen LogP contribution in [0.4, 0.5) is 11.6 Å². The topological polar surface area (TPSA) is 119 Å². The van der Waals surface area contributed by atoms with E-state index < -0.39 is 10.0 Å². The van der Waals surface area contributed by atoms with Crippen molar-refractivity contribution in [2.45, 2.75) is 43.4 Å². The second kappa shape index (κ2) is 11.4. The van der Waals surface area contributed by atoms with E-state index in [2.05, 4.69) is 39.9 Å². The molecule has 1 aliphatic heterocycles. The molecule has 4 aromatic rings. The van der Waals surface area contributed by atoms with Gasteiger partial charge in [0.2, 0.25) is 11.8 Å². The van der Waals surface area contributed by atoms with Gasteiger partial charge in [-0.3, -0.25) is 0 Å². The van der Waals surface area contributed by atoms with Crippen molar-refractivity contribution in [1.82, 2.24) is 15.3 Å². The first kappa shape index (κ1) is 26.6. The third-order valence-electron chi connectivity index (χ3n) is 6.83. The van der Waals surface area contributed by atoms with Crippen molar-refractivity contribution in [2.75, 3.05) is 23.5 Å². The summed E-state index contributed by atoms with van der Waals surface area (Å²) in [4.78, 5) is 9.11. The minimum atomic E-state index is -3.99. The highest BCUT2D eigenvalue weighted by Gasteiger charge is 2.22. The van der Waals surface area contributed by atoms with Crippen LogP contribution in [0.2, 0.25) is 0 Å². The molecule has 3 aromatic carbocycles. The minimum absolute atomic E-state index is 0.0247. The SMILES string of the molecule is CC(C)c1ccccc1-c1cc(Oc2ccccc2C2CCCNC2)nc(NS(=O)(=O)c2cccc(N)c2)n1. The Kier molecular flexibility index (Phi) is 7.81. The molecule has 1 aromatic heterocycles. The Labute approximate surface area is 229 Å². The molecule has 4 N–H and O–H groups in total. The number of nitrogen functional groups attached to an aromatic ring is 1. The molecule has 0 saturated carbocycles. The van der Waals surface area contributed by atoms with Gasteiger partial charge >= 0.3 is 0 Å². The fraction of sp³-hybridized carbons (Fsp3) is 0.267. The smallest absolute Gasteiger partial charge is 0.264 e. The number of nitrogens with zero attached hydrogens (tertiary/aromatic N) is 2. The predicted octanol–water partition coefficient (Wildman–Crippen LogP) is 5.91. The van der Waals surface area contributed by atoms with Crippen LogP contribution in [-0.4, -0.2) is 31.5 Å². The van der Waals surface area contributed by atoms with Crippen molar-refractivity contribution in [1.29, 1.82) is 0 Å². The van der Waals surface area contributed by atoms with Crippen LogP contribution in [0.5, 0.6) is 11.6 Å². The summed E-state index contributed by atoms with van der Waals surface area (Å²) < 4.78 is 35.3. The molecular formula is C30H33N5O3S. The molecule has 1 aliphatic rings. The van der Waals surface area contributed by atoms with Crippen LogP contribution in [0, 0.1) is 0 Å². The van der Waals surface area contributed by atoms with E-state index in [4.69, 9.17) is 10.5 Å². The summed E-state index contributed by atoms with van der Waals surface area (Å²) in [6, 6.07) is 23.7. The molecule has 1 atom stereocenters. The van der Waals surface area contributed by atoms with Gasteiger partial charge in [0.1, 0.15) is 5.75 Å². The molecule has 1 unspecified atom stereocenters. The molecule has 1 fully saturated rings. The van der Waals surface area contributed by atoms with Gasteiger partial charge in [-0.05, 0) is 60.7 Å². The Balaban J connectivity index is 1.57. The fourth-order valence-corrected chi connectivity index (χ4v) is 5.89. The second-order valence-electron chi connectivity index (χ2n) is 10.0. The third-order valence-corrected chi connectivity index (χ3v) is 8.15. The lowest BCUT2D eigenvalue weighted by molar-refractivity contribution is 0.423. The molecule has 0 amide bonds. The quantitative estimate of drug-likeness (QED) is 0.236. The highest BCUT2D eigenvalue weighted by Crippen LogP contribution is 2.36. The Hall–Kier alpha value is -3.95. The minimum Gasteiger partial charge on any atom is -0.439 e. The first-order valence-corrected chi connectivity index (χ1v) is 14.6. The van der Waals surface area contributed by atoms with Gasteiger partial charge in [0.05, 0.1) is 10.6 Å². The van der Waals surface area contributed by atoms with Crippen molar-refractivity contribution in [3.8, 4) is 22.9 Å². The lowest BCUT2D eigenvalue weighted by Crippen LogP contribution is -2.28. The van der Waals surface area contributed by atoms with Crippen molar-refractivity contribution in [3.05, 3.63) is 90.0 Å². The van der Waals surface area contributed by atoms with E-state index >= 15 is 0 Å². The number of nitrogens with two attached hydrogens (primary N) is 1. The molecule has 0 aliphatic carbocycles. The Morgan fingerprint density at radius 3 is 2.56 bits per heavy atom. The maximum atomic E-state index is 13.2. The van der Waals surface area contributed by atoms with Crippen LogP contribution in [-0.2, 0) is 10.0 Å². The number of rotatable bonds is 8. The molecule has 202 valence electrons. The van der Waals surface area contributed by atoms with Gasteiger partial charge < -0.3 is 15.8 Å². The monoisotopic (exact) mass is 543 g/mol. The van der Waals surface area contributed by atoms with Gasteiger partial charge in [-0.2, -0.15) is 4.98 Å². The molecule has 2 heterocycles. The fourth-order valence-electron chi connectivity index (χ4n) is 4.90. The summed E-state index contributed by atoms with van der Waals surface area (Å²) in [5.41, 5.74) is 9.80. The number of sulfonamides is 1. The normalized spacial score (nSPS) is 15.7. The van der Waals surface area contributed by atoms with Crippen molar-refractivity contribution >= 4 is 21.7 Å². The van der Waals surface area contributed by atoms with E-state index in [1.54, 1.807) is 18.2 Å². The van der Waals surface area contributed by atoms with Gasteiger partial charge in [0.15, 0.2) is 0 Å². The van der Waals surface area contributed by atoms with Crippen LogP contribution in [0.3, 0.4) is 0 Å². The van der Waals surface area contributed by atoms with Crippen LogP contribution >= 0.6 is 0 Å². The average molecular weight is 544 g/mol. The van der Waals surface area contributed by atoms with E-state index in [1.807, 2.05) is 42.5 Å². The van der Waals surface area contributed by atoms with E-state index in [-0.39, 0.29) is 22.6 Å². The first-order chi connectivity index (χ1) is 18.8. The van der Waals surface area contributed by atoms with E-state index in [9.17, 15) is 8.42 Å². The van der Waals surface area contributed by atoms with Gasteiger partial charge in [-0.15, -0.1) is 0 Å². The lowest BCUT2D eigenvalue weighted by Gasteiger charge is -2.25. The van der Waals surface area contributed by atoms with Gasteiger partial charge in [-0.25, -0.2) is 18.1 Å². The van der Waals surface area contributed by atoms with Crippen LogP contribution in [0.1, 0.15) is 49.7 Å². The van der Waals surface area contributed by atoms with Gasteiger partial charge in [0, 0.05) is 29.8 Å². The average Bonchev–Trinajstić information content (AvgIpc) is 2.93. The highest BCUT2D eigenvalue weighted by molar-refractivity contribution is 7.92. The van der Waals surface area contributed by atoms with Crippen LogP contribution in [0.25, 0.3) is 11.3 Å². The van der Waals surface area contributed by atoms with Gasteiger partial charge in [0.25, 0.3) is 10.0 Å². The van der Waals surface area contributed by atoms with Crippen LogP contribution < -0.4 is 20.5 Å². The highest BCUT2D eigenvalue weighted by atomic mass is 32.2. The van der Waals surface area contributed by atoms with Crippen molar-refractivity contribution < 1.29 is 13.2 Å². The summed E-state index contributed by atoms with van der Waals surface area (Å²) in [5, 5.41) is 3.46. The molecule has 0 spiro atoms. The standard InChI is InChI=1S/C30H33N5O3S/c1-20(2)24-12-3-4-14-26(24)27-18-29(38-28-15-6-5-13-25(28)21-9-8-16-32-19-21)34-30(33-27)35-39(36,37)23-11-7-10-22(31)17-23/h3-7,10-15,17-18,20-21,32H,8-9,16,19,31H2,1-2H3,(H,33,34,35). The molecule has 8 nitrogen and oxygen atoms in total. The van der Waals surface area contributed by atoms with Crippen molar-refractivity contribution in [3.63, 3.8) is 0 Å². The molecule has 5 rings (SSSR count). The maximum Gasteiger partial charge on any atom is 0.264 e. The molecule has 1 saturated heterocycles. The summed E-state index contributed by atoms with van der Waals surface area (Å²) in [6.45, 7) is 6.10. The summed E-state index contributed by atoms with van der Waals surface area (Å²) in [6.07, 6.45) is 2.16. The van der Waals surface area contributed by atoms with Crippen LogP contribution in [0.15, 0.2) is 83.8 Å². The molecule has 9 heteroatoms. The Bertz CT molecular complexity index is 1570. The van der Waals surface area contributed by atoms with E-state index in [1.165, 1.54) is 12.1 Å². The zero-order chi connectivity index (χ0) is 27.4. The van der Waals surface area contributed by atoms with Gasteiger partial charge in [-0.1, -0.05) is 62.4 Å². The number of hydrogen-bond acceptors (Lipinski definition) is 7. The molecule has 0 bridgehead atoms. The first-order valence-electron chi connectivity index (χ1n) is 13.1. The number of nitrogens with one attached hydrogen (secondary N) is 2. The predicted molar refractivity (Wildman–Crippen MR) is 155 cm³/mol. The Morgan fingerprint density at radius 1 is 1.00 bits per heavy atom. The maximum absolute atomic E-state index is 13.2. The van der Waals surface area contributed by atoms with E-state index in [0.717, 1.165) is 42.6 Å². The number of ether oxygens (including phenoxy) is 1. The largest absolute Gasteiger partial charge is 0.439 e. The number of para-hydroxylation sites is 1. The number of benzene rings is 3. The summed E-state index contributed by atoms with van der Waals surface area (Å²) >= 11 is 0. The Morgan fingerprint density at radius 2 is 1.79 bits per heavy atom. The van der Waals surface area contributed by atoms with E-state index in [0.29, 0.717) is 23.0 Å². The number of piperidine rings is 1. The zero-order valence-corrected chi connectivity index (χ0v) is 22.9. The number of anilines is 2. The summed E-state index contributed by atoms with van der Waals surface area (Å²) in [5.74, 6) is 1.41. The number of aromatic nitrogens is 2. The number of hydrogen-bond donors (Lipinski definition) is 3. The third kappa shape index (κ3) is 6.21. The molecular weight excluding hydrogens is 510 g/mol. The summed E-state index contributed by atoms with van der Waals surface area (Å²) in [7, 11) is -3.99. The second-order valence-corrected chi connectivity index (χ2v) is 11.7. The van der Waals surface area contributed by atoms with Crippen molar-refractivity contribution in [2.24, 2.45) is 0 Å². The molecule has 0 radical (unpaired) electrons. The zero-order valence-electron chi connectivity index (χ0n) is 22.1.